The van der Waals surface area contributed by atoms with E-state index in [1.807, 2.05) is 31.3 Å². The van der Waals surface area contributed by atoms with Gasteiger partial charge >= 0.3 is 0 Å². The number of hydrogen-bond donors (Lipinski definition) is 0. The fourth-order valence-corrected chi connectivity index (χ4v) is 1.60. The lowest BCUT2D eigenvalue weighted by Crippen LogP contribution is -1.89. The van der Waals surface area contributed by atoms with Crippen molar-refractivity contribution in [2.24, 2.45) is 0 Å². The number of aromatic nitrogens is 1. The zero-order valence-electron chi connectivity index (χ0n) is 9.82. The highest BCUT2D eigenvalue weighted by Crippen LogP contribution is 2.24. The van der Waals surface area contributed by atoms with Crippen molar-refractivity contribution in [3.63, 3.8) is 0 Å². The van der Waals surface area contributed by atoms with Gasteiger partial charge in [-0.1, -0.05) is 12.1 Å². The Kier molecular flexibility index (Phi) is 2.91. The molecule has 1 aromatic carbocycles. The highest BCUT2D eigenvalue weighted by atomic mass is 16.5. The van der Waals surface area contributed by atoms with Crippen LogP contribution in [0.25, 0.3) is 11.1 Å². The van der Waals surface area contributed by atoms with Gasteiger partial charge < -0.3 is 4.74 Å². The zero-order valence-corrected chi connectivity index (χ0v) is 9.82. The van der Waals surface area contributed by atoms with Gasteiger partial charge in [0.2, 0.25) is 0 Å². The Morgan fingerprint density at radius 2 is 1.88 bits per heavy atom. The molecule has 2 heteroatoms. The number of aryl methyl sites for hydroxylation is 2. The summed E-state index contributed by atoms with van der Waals surface area (Å²) in [4.78, 5) is 4.37. The van der Waals surface area contributed by atoms with Gasteiger partial charge in [0.1, 0.15) is 5.75 Å². The van der Waals surface area contributed by atoms with Crippen molar-refractivity contribution in [2.75, 3.05) is 7.11 Å². The fourth-order valence-electron chi connectivity index (χ4n) is 1.60. The van der Waals surface area contributed by atoms with Crippen LogP contribution >= 0.6 is 0 Å². The van der Waals surface area contributed by atoms with Gasteiger partial charge in [-0.3, -0.25) is 4.98 Å². The van der Waals surface area contributed by atoms with Crippen molar-refractivity contribution in [1.29, 1.82) is 0 Å². The van der Waals surface area contributed by atoms with Gasteiger partial charge in [-0.2, -0.15) is 0 Å². The summed E-state index contributed by atoms with van der Waals surface area (Å²) in [5.74, 6) is 0.871. The highest BCUT2D eigenvalue weighted by Gasteiger charge is 2.01. The van der Waals surface area contributed by atoms with Gasteiger partial charge in [0, 0.05) is 17.5 Å². The van der Waals surface area contributed by atoms with Crippen LogP contribution in [0.1, 0.15) is 11.3 Å². The third-order valence-electron chi connectivity index (χ3n) is 2.74. The summed E-state index contributed by atoms with van der Waals surface area (Å²) in [5, 5.41) is 0. The fraction of sp³-hybridized carbons (Fsp3) is 0.214. The first-order chi connectivity index (χ1) is 7.70. The van der Waals surface area contributed by atoms with Crippen molar-refractivity contribution in [3.8, 4) is 16.9 Å². The molecule has 0 N–H and O–H groups in total. The first kappa shape index (κ1) is 10.7. The van der Waals surface area contributed by atoms with E-state index in [1.54, 1.807) is 7.11 Å². The molecule has 0 fully saturated rings. The Morgan fingerprint density at radius 1 is 1.06 bits per heavy atom. The van der Waals surface area contributed by atoms with Crippen LogP contribution < -0.4 is 4.74 Å². The predicted octanol–water partition coefficient (Wildman–Crippen LogP) is 3.37. The van der Waals surface area contributed by atoms with Crippen molar-refractivity contribution < 1.29 is 4.74 Å². The predicted molar refractivity (Wildman–Crippen MR) is 65.7 cm³/mol. The maximum atomic E-state index is 5.21. The van der Waals surface area contributed by atoms with Crippen molar-refractivity contribution in [2.45, 2.75) is 13.8 Å². The summed E-state index contributed by atoms with van der Waals surface area (Å²) in [6, 6.07) is 10.2. The monoisotopic (exact) mass is 213 g/mol. The summed E-state index contributed by atoms with van der Waals surface area (Å²) in [6.07, 6.45) is 1.90. The average Bonchev–Trinajstić information content (AvgIpc) is 2.33. The van der Waals surface area contributed by atoms with Crippen LogP contribution in [0.15, 0.2) is 36.5 Å². The van der Waals surface area contributed by atoms with E-state index in [0.717, 1.165) is 22.6 Å². The van der Waals surface area contributed by atoms with E-state index < -0.39 is 0 Å². The summed E-state index contributed by atoms with van der Waals surface area (Å²) in [6.45, 7) is 4.09. The molecule has 0 saturated carbocycles. The molecule has 2 nitrogen and oxygen atoms in total. The number of ether oxygens (including phenoxy) is 1. The number of benzene rings is 1. The van der Waals surface area contributed by atoms with Gasteiger partial charge in [0.25, 0.3) is 0 Å². The van der Waals surface area contributed by atoms with Crippen LogP contribution in [0.5, 0.6) is 5.75 Å². The van der Waals surface area contributed by atoms with Crippen molar-refractivity contribution in [3.05, 3.63) is 47.8 Å². The topological polar surface area (TPSA) is 22.1 Å². The van der Waals surface area contributed by atoms with E-state index in [2.05, 4.69) is 24.0 Å². The molecular formula is C14H15NO. The molecule has 16 heavy (non-hydrogen) atoms. The van der Waals surface area contributed by atoms with Gasteiger partial charge in [0.05, 0.1) is 7.11 Å². The maximum absolute atomic E-state index is 5.21. The second kappa shape index (κ2) is 4.35. The Labute approximate surface area is 95.9 Å². The van der Waals surface area contributed by atoms with E-state index in [0.29, 0.717) is 0 Å². The molecule has 1 heterocycles. The van der Waals surface area contributed by atoms with E-state index in [-0.39, 0.29) is 0 Å². The molecule has 0 aliphatic heterocycles. The smallest absolute Gasteiger partial charge is 0.119 e. The molecule has 0 amide bonds. The lowest BCUT2D eigenvalue weighted by Gasteiger charge is -2.06. The third kappa shape index (κ3) is 2.06. The third-order valence-corrected chi connectivity index (χ3v) is 2.74. The normalized spacial score (nSPS) is 10.2. The van der Waals surface area contributed by atoms with Gasteiger partial charge in [-0.05, 0) is 43.2 Å². The molecule has 82 valence electrons. The van der Waals surface area contributed by atoms with Crippen molar-refractivity contribution in [1.82, 2.24) is 4.98 Å². The molecule has 0 bridgehead atoms. The molecular weight excluding hydrogens is 198 g/mol. The zero-order chi connectivity index (χ0) is 11.5. The molecule has 0 atom stereocenters. The number of pyridine rings is 1. The molecule has 2 rings (SSSR count). The van der Waals surface area contributed by atoms with Crippen LogP contribution in [-0.2, 0) is 0 Å². The summed E-state index contributed by atoms with van der Waals surface area (Å²) in [5.41, 5.74) is 4.55. The number of nitrogens with zero attached hydrogens (tertiary/aromatic N) is 1. The molecule has 0 radical (unpaired) electrons. The summed E-state index contributed by atoms with van der Waals surface area (Å²) >= 11 is 0. The Balaban J connectivity index is 2.46. The first-order valence-corrected chi connectivity index (χ1v) is 5.28. The van der Waals surface area contributed by atoms with Gasteiger partial charge in [-0.25, -0.2) is 0 Å². The van der Waals surface area contributed by atoms with Gasteiger partial charge in [0.15, 0.2) is 0 Å². The SMILES string of the molecule is COc1cccc(-c2cnc(C)c(C)c2)c1. The average molecular weight is 213 g/mol. The second-order valence-corrected chi connectivity index (χ2v) is 3.86. The molecule has 0 aliphatic carbocycles. The standard InChI is InChI=1S/C14H15NO/c1-10-7-13(9-15-11(10)2)12-5-4-6-14(8-12)16-3/h4-9H,1-3H3. The van der Waals surface area contributed by atoms with E-state index in [4.69, 9.17) is 4.74 Å². The summed E-state index contributed by atoms with van der Waals surface area (Å²) in [7, 11) is 1.68. The molecule has 0 saturated heterocycles. The second-order valence-electron chi connectivity index (χ2n) is 3.86. The Bertz CT molecular complexity index is 506. The number of rotatable bonds is 2. The molecule has 2 aromatic rings. The molecule has 0 spiro atoms. The number of methoxy groups -OCH3 is 1. The van der Waals surface area contributed by atoms with Crippen LogP contribution in [0.2, 0.25) is 0 Å². The lowest BCUT2D eigenvalue weighted by atomic mass is 10.0. The molecule has 0 aliphatic rings. The van der Waals surface area contributed by atoms with Crippen LogP contribution in [-0.4, -0.2) is 12.1 Å². The van der Waals surface area contributed by atoms with Gasteiger partial charge in [-0.15, -0.1) is 0 Å². The minimum absolute atomic E-state index is 0.871. The van der Waals surface area contributed by atoms with E-state index in [1.165, 1.54) is 5.56 Å². The van der Waals surface area contributed by atoms with Crippen molar-refractivity contribution >= 4 is 0 Å². The van der Waals surface area contributed by atoms with E-state index >= 15 is 0 Å². The quantitative estimate of drug-likeness (QED) is 0.763. The Morgan fingerprint density at radius 3 is 2.56 bits per heavy atom. The lowest BCUT2D eigenvalue weighted by molar-refractivity contribution is 0.415. The Hall–Kier alpha value is -1.83. The molecule has 1 aromatic heterocycles. The van der Waals surface area contributed by atoms with E-state index in [9.17, 15) is 0 Å². The summed E-state index contributed by atoms with van der Waals surface area (Å²) < 4.78 is 5.21. The largest absolute Gasteiger partial charge is 0.497 e. The van der Waals surface area contributed by atoms with Crippen LogP contribution in [0.4, 0.5) is 0 Å². The number of hydrogen-bond acceptors (Lipinski definition) is 2. The maximum Gasteiger partial charge on any atom is 0.119 e. The molecule has 0 unspecified atom stereocenters. The van der Waals surface area contributed by atoms with Crippen LogP contribution in [0.3, 0.4) is 0 Å². The first-order valence-electron chi connectivity index (χ1n) is 5.28. The van der Waals surface area contributed by atoms with Crippen LogP contribution in [0, 0.1) is 13.8 Å². The highest BCUT2D eigenvalue weighted by molar-refractivity contribution is 5.65. The minimum Gasteiger partial charge on any atom is -0.497 e. The minimum atomic E-state index is 0.871.